The Labute approximate surface area is 114 Å². The molecule has 0 aliphatic rings. The molecule has 0 aliphatic heterocycles. The van der Waals surface area contributed by atoms with Crippen molar-refractivity contribution in [3.63, 3.8) is 0 Å². The summed E-state index contributed by atoms with van der Waals surface area (Å²) in [5.41, 5.74) is 9.27. The van der Waals surface area contributed by atoms with Gasteiger partial charge in [0.25, 0.3) is 0 Å². The fourth-order valence-corrected chi connectivity index (χ4v) is 1.59. The smallest absolute Gasteiger partial charge is 0.0718 e. The van der Waals surface area contributed by atoms with Crippen LogP contribution >= 0.6 is 0 Å². The van der Waals surface area contributed by atoms with Crippen LogP contribution in [0.15, 0.2) is 35.4 Å². The Morgan fingerprint density at radius 2 is 1.74 bits per heavy atom. The summed E-state index contributed by atoms with van der Waals surface area (Å²) in [4.78, 5) is 2.71. The van der Waals surface area contributed by atoms with Gasteiger partial charge in [0, 0.05) is 18.1 Å². The second-order valence-electron chi connectivity index (χ2n) is 4.17. The molecule has 0 heterocycles. The predicted molar refractivity (Wildman–Crippen MR) is 74.8 cm³/mol. The monoisotopic (exact) mass is 263 g/mol. The van der Waals surface area contributed by atoms with E-state index >= 15 is 0 Å². The lowest BCUT2D eigenvalue weighted by molar-refractivity contribution is 0.0393. The van der Waals surface area contributed by atoms with Gasteiger partial charge in [-0.25, -0.2) is 0 Å². The minimum Gasteiger partial charge on any atom is -0.379 e. The topological polar surface area (TPSA) is 67.2 Å². The standard InChI is InChI=1S/C14H21N3O2/c15-17-16-9-5-2-6-10-18-11-12-19-13-14-7-3-1-4-8-14/h1,3-4,7-8H,2,5-6,9-13H2. The van der Waals surface area contributed by atoms with Crippen molar-refractivity contribution in [1.29, 1.82) is 0 Å². The highest BCUT2D eigenvalue weighted by Crippen LogP contribution is 2.00. The van der Waals surface area contributed by atoms with E-state index in [0.717, 1.165) is 25.9 Å². The van der Waals surface area contributed by atoms with Gasteiger partial charge in [-0.2, -0.15) is 0 Å². The van der Waals surface area contributed by atoms with Crippen molar-refractivity contribution in [2.75, 3.05) is 26.4 Å². The predicted octanol–water partition coefficient (Wildman–Crippen LogP) is 3.70. The van der Waals surface area contributed by atoms with Crippen molar-refractivity contribution in [3.8, 4) is 0 Å². The molecule has 0 atom stereocenters. The molecule has 0 radical (unpaired) electrons. The zero-order valence-electron chi connectivity index (χ0n) is 11.2. The second kappa shape index (κ2) is 11.5. The Hall–Kier alpha value is -1.55. The molecule has 5 heteroatoms. The molecule has 0 spiro atoms. The molecule has 0 amide bonds. The molecule has 1 rings (SSSR count). The van der Waals surface area contributed by atoms with Gasteiger partial charge in [0.05, 0.1) is 19.8 Å². The molecule has 0 bridgehead atoms. The van der Waals surface area contributed by atoms with Crippen LogP contribution in [-0.2, 0) is 16.1 Å². The third-order valence-electron chi connectivity index (χ3n) is 2.59. The zero-order valence-corrected chi connectivity index (χ0v) is 11.2. The first-order chi connectivity index (χ1) is 9.43. The van der Waals surface area contributed by atoms with Crippen molar-refractivity contribution < 1.29 is 9.47 Å². The first kappa shape index (κ1) is 15.5. The lowest BCUT2D eigenvalue weighted by Gasteiger charge is -2.05. The number of unbranched alkanes of at least 4 members (excludes halogenated alkanes) is 2. The van der Waals surface area contributed by atoms with Gasteiger partial charge in [-0.15, -0.1) is 0 Å². The van der Waals surface area contributed by atoms with Crippen molar-refractivity contribution in [3.05, 3.63) is 46.3 Å². The summed E-state index contributed by atoms with van der Waals surface area (Å²) in [5, 5.41) is 3.48. The fraction of sp³-hybridized carbons (Fsp3) is 0.571. The van der Waals surface area contributed by atoms with Crippen molar-refractivity contribution in [1.82, 2.24) is 0 Å². The molecule has 0 fully saturated rings. The summed E-state index contributed by atoms with van der Waals surface area (Å²) < 4.78 is 10.9. The largest absolute Gasteiger partial charge is 0.379 e. The Bertz CT molecular complexity index is 364. The van der Waals surface area contributed by atoms with Crippen LogP contribution in [0, 0.1) is 0 Å². The van der Waals surface area contributed by atoms with E-state index in [2.05, 4.69) is 10.0 Å². The van der Waals surface area contributed by atoms with Gasteiger partial charge in [-0.3, -0.25) is 0 Å². The molecular weight excluding hydrogens is 242 g/mol. The average Bonchev–Trinajstić information content (AvgIpc) is 2.46. The van der Waals surface area contributed by atoms with E-state index in [1.54, 1.807) is 0 Å². The van der Waals surface area contributed by atoms with E-state index in [1.165, 1.54) is 5.56 Å². The minimum absolute atomic E-state index is 0.580. The minimum atomic E-state index is 0.580. The third kappa shape index (κ3) is 9.08. The number of nitrogens with zero attached hydrogens (tertiary/aromatic N) is 3. The highest BCUT2D eigenvalue weighted by molar-refractivity contribution is 5.13. The summed E-state index contributed by atoms with van der Waals surface area (Å²) in [6.45, 7) is 3.20. The van der Waals surface area contributed by atoms with Gasteiger partial charge in [0.1, 0.15) is 0 Å². The fourth-order valence-electron chi connectivity index (χ4n) is 1.59. The number of benzene rings is 1. The van der Waals surface area contributed by atoms with Gasteiger partial charge in [0.2, 0.25) is 0 Å². The number of azide groups is 1. The quantitative estimate of drug-likeness (QED) is 0.264. The molecule has 0 unspecified atom stereocenters. The SMILES string of the molecule is [N-]=[N+]=NCCCCCOCCOCc1ccccc1. The number of ether oxygens (including phenoxy) is 2. The molecule has 0 aliphatic carbocycles. The van der Waals surface area contributed by atoms with E-state index < -0.39 is 0 Å². The maximum absolute atomic E-state index is 8.09. The van der Waals surface area contributed by atoms with E-state index in [1.807, 2.05) is 30.3 Å². The Balaban J connectivity index is 1.82. The van der Waals surface area contributed by atoms with Crippen molar-refractivity contribution >= 4 is 0 Å². The van der Waals surface area contributed by atoms with E-state index in [4.69, 9.17) is 15.0 Å². The van der Waals surface area contributed by atoms with Crippen molar-refractivity contribution in [2.24, 2.45) is 5.11 Å². The highest BCUT2D eigenvalue weighted by atomic mass is 16.5. The lowest BCUT2D eigenvalue weighted by Crippen LogP contribution is -2.05. The van der Waals surface area contributed by atoms with Gasteiger partial charge < -0.3 is 9.47 Å². The Morgan fingerprint density at radius 1 is 0.947 bits per heavy atom. The number of rotatable bonds is 11. The van der Waals surface area contributed by atoms with Gasteiger partial charge >= 0.3 is 0 Å². The van der Waals surface area contributed by atoms with Gasteiger partial charge in [-0.1, -0.05) is 41.9 Å². The van der Waals surface area contributed by atoms with Crippen LogP contribution in [0.4, 0.5) is 0 Å². The summed E-state index contributed by atoms with van der Waals surface area (Å²) in [5.74, 6) is 0. The van der Waals surface area contributed by atoms with Crippen LogP contribution in [0.2, 0.25) is 0 Å². The maximum atomic E-state index is 8.09. The maximum Gasteiger partial charge on any atom is 0.0718 e. The van der Waals surface area contributed by atoms with E-state index in [-0.39, 0.29) is 0 Å². The number of hydrogen-bond acceptors (Lipinski definition) is 3. The Kier molecular flexibility index (Phi) is 9.41. The van der Waals surface area contributed by atoms with Crippen LogP contribution in [0.5, 0.6) is 0 Å². The van der Waals surface area contributed by atoms with Crippen LogP contribution in [0.1, 0.15) is 24.8 Å². The van der Waals surface area contributed by atoms with E-state index in [9.17, 15) is 0 Å². The van der Waals surface area contributed by atoms with Crippen LogP contribution in [0.25, 0.3) is 10.4 Å². The molecule has 104 valence electrons. The molecule has 1 aromatic carbocycles. The highest BCUT2D eigenvalue weighted by Gasteiger charge is 1.93. The normalized spacial score (nSPS) is 10.1. The molecular formula is C14H21N3O2. The molecule has 0 saturated heterocycles. The Morgan fingerprint density at radius 3 is 2.53 bits per heavy atom. The first-order valence-electron chi connectivity index (χ1n) is 6.64. The third-order valence-corrected chi connectivity index (χ3v) is 2.59. The molecule has 5 nitrogen and oxygen atoms in total. The molecule has 19 heavy (non-hydrogen) atoms. The molecule has 1 aromatic rings. The second-order valence-corrected chi connectivity index (χ2v) is 4.17. The molecule has 0 saturated carbocycles. The van der Waals surface area contributed by atoms with Crippen LogP contribution < -0.4 is 0 Å². The van der Waals surface area contributed by atoms with Gasteiger partial charge in [-0.05, 0) is 23.9 Å². The zero-order chi connectivity index (χ0) is 13.6. The first-order valence-corrected chi connectivity index (χ1v) is 6.64. The molecule has 0 N–H and O–H groups in total. The van der Waals surface area contributed by atoms with Crippen molar-refractivity contribution in [2.45, 2.75) is 25.9 Å². The van der Waals surface area contributed by atoms with Crippen LogP contribution in [-0.4, -0.2) is 26.4 Å². The van der Waals surface area contributed by atoms with Crippen LogP contribution in [0.3, 0.4) is 0 Å². The molecule has 0 aromatic heterocycles. The average molecular weight is 263 g/mol. The summed E-state index contributed by atoms with van der Waals surface area (Å²) >= 11 is 0. The van der Waals surface area contributed by atoms with Gasteiger partial charge in [0.15, 0.2) is 0 Å². The summed E-state index contributed by atoms with van der Waals surface area (Å²) in [6, 6.07) is 10.1. The van der Waals surface area contributed by atoms with E-state index in [0.29, 0.717) is 26.4 Å². The lowest BCUT2D eigenvalue weighted by atomic mass is 10.2. The number of hydrogen-bond donors (Lipinski definition) is 0. The summed E-state index contributed by atoms with van der Waals surface area (Å²) in [6.07, 6.45) is 2.96. The summed E-state index contributed by atoms with van der Waals surface area (Å²) in [7, 11) is 0.